The molecule has 0 unspecified atom stereocenters. The molecule has 124 valence electrons. The van der Waals surface area contributed by atoms with Gasteiger partial charge in [-0.05, 0) is 25.2 Å². The van der Waals surface area contributed by atoms with Gasteiger partial charge in [0.1, 0.15) is 0 Å². The number of carbonyl (C=O) groups excluding carboxylic acids is 3. The second kappa shape index (κ2) is 6.67. The Hall–Kier alpha value is -1.59. The van der Waals surface area contributed by atoms with Gasteiger partial charge in [0.05, 0.1) is 5.92 Å². The molecule has 2 amide bonds. The highest BCUT2D eigenvalue weighted by molar-refractivity contribution is 5.88. The average Bonchev–Trinajstić information content (AvgIpc) is 2.83. The molecule has 0 radical (unpaired) electrons. The predicted molar refractivity (Wildman–Crippen MR) is 80.5 cm³/mol. The number of esters is 1. The maximum atomic E-state index is 12.3. The maximum Gasteiger partial charge on any atom is 0.312 e. The molecule has 6 nitrogen and oxygen atoms in total. The fourth-order valence-corrected chi connectivity index (χ4v) is 3.53. The molecule has 6 heteroatoms. The van der Waals surface area contributed by atoms with Gasteiger partial charge >= 0.3 is 5.97 Å². The Morgan fingerprint density at radius 2 is 2.00 bits per heavy atom. The molecule has 2 fully saturated rings. The first-order chi connectivity index (χ1) is 10.3. The Bertz CT molecular complexity index is 465. The number of amides is 2. The van der Waals surface area contributed by atoms with E-state index < -0.39 is 23.9 Å². The Balaban J connectivity index is 1.98. The fraction of sp³-hybridized carbons (Fsp3) is 0.812. The molecule has 1 heterocycles. The van der Waals surface area contributed by atoms with Crippen LogP contribution in [0.5, 0.6) is 0 Å². The van der Waals surface area contributed by atoms with Crippen LogP contribution in [0, 0.1) is 17.8 Å². The van der Waals surface area contributed by atoms with Crippen LogP contribution >= 0.6 is 0 Å². The van der Waals surface area contributed by atoms with E-state index >= 15 is 0 Å². The summed E-state index contributed by atoms with van der Waals surface area (Å²) in [6.07, 6.45) is 2.53. The van der Waals surface area contributed by atoms with Crippen molar-refractivity contribution in [2.24, 2.45) is 23.5 Å². The lowest BCUT2D eigenvalue weighted by Crippen LogP contribution is -2.45. The van der Waals surface area contributed by atoms with Crippen LogP contribution in [0.4, 0.5) is 0 Å². The number of nitrogens with two attached hydrogens (primary N) is 1. The number of hydrogen-bond donors (Lipinski definition) is 1. The molecule has 5 atom stereocenters. The normalized spacial score (nSPS) is 33.6. The first kappa shape index (κ1) is 16.8. The van der Waals surface area contributed by atoms with Crippen LogP contribution in [-0.2, 0) is 19.1 Å². The van der Waals surface area contributed by atoms with E-state index in [-0.39, 0.29) is 18.4 Å². The molecule has 1 aliphatic heterocycles. The molecule has 0 aromatic rings. The largest absolute Gasteiger partial charge is 0.452 e. The Morgan fingerprint density at radius 1 is 1.32 bits per heavy atom. The second-order valence-corrected chi connectivity index (χ2v) is 6.76. The zero-order chi connectivity index (χ0) is 16.4. The molecule has 1 saturated heterocycles. The number of ether oxygens (including phenoxy) is 1. The number of rotatable bonds is 4. The predicted octanol–water partition coefficient (Wildman–Crippen LogP) is 1.08. The zero-order valence-electron chi connectivity index (χ0n) is 13.6. The third-order valence-electron chi connectivity index (χ3n) is 5.25. The van der Waals surface area contributed by atoms with Crippen molar-refractivity contribution in [2.75, 3.05) is 6.54 Å². The zero-order valence-corrected chi connectivity index (χ0v) is 13.6. The van der Waals surface area contributed by atoms with Crippen LogP contribution in [0.3, 0.4) is 0 Å². The highest BCUT2D eigenvalue weighted by Crippen LogP contribution is 2.35. The standard InChI is InChI=1S/C16H26N2O4/c1-9-5-4-6-13(10(9)2)18-8-12(7-14(18)19)16(21)22-11(3)15(17)20/h9-13H,4-8H2,1-3H3,(H2,17,20)/t9-,10+,11-,12+,13-/m0/s1. The van der Waals surface area contributed by atoms with Crippen LogP contribution in [-0.4, -0.2) is 41.4 Å². The van der Waals surface area contributed by atoms with E-state index in [1.54, 1.807) is 0 Å². The molecule has 2 rings (SSSR count). The maximum absolute atomic E-state index is 12.3. The smallest absolute Gasteiger partial charge is 0.312 e. The van der Waals surface area contributed by atoms with E-state index in [4.69, 9.17) is 10.5 Å². The molecule has 1 saturated carbocycles. The quantitative estimate of drug-likeness (QED) is 0.787. The van der Waals surface area contributed by atoms with Crippen molar-refractivity contribution in [3.8, 4) is 0 Å². The Kier molecular flexibility index (Phi) is 5.08. The van der Waals surface area contributed by atoms with Crippen molar-refractivity contribution in [2.45, 2.75) is 58.6 Å². The lowest BCUT2D eigenvalue weighted by atomic mass is 9.77. The van der Waals surface area contributed by atoms with Crippen molar-refractivity contribution in [1.29, 1.82) is 0 Å². The van der Waals surface area contributed by atoms with E-state index in [0.717, 1.165) is 12.8 Å². The minimum absolute atomic E-state index is 0.0135. The summed E-state index contributed by atoms with van der Waals surface area (Å²) < 4.78 is 5.04. The highest BCUT2D eigenvalue weighted by atomic mass is 16.5. The van der Waals surface area contributed by atoms with Gasteiger partial charge in [0.25, 0.3) is 5.91 Å². The van der Waals surface area contributed by atoms with Gasteiger partial charge in [-0.2, -0.15) is 0 Å². The molecule has 0 bridgehead atoms. The van der Waals surface area contributed by atoms with Gasteiger partial charge in [0, 0.05) is 19.0 Å². The Labute approximate surface area is 131 Å². The minimum atomic E-state index is -0.953. The molecular weight excluding hydrogens is 284 g/mol. The summed E-state index contributed by atoms with van der Waals surface area (Å²) in [6, 6.07) is 0.211. The first-order valence-electron chi connectivity index (χ1n) is 8.10. The first-order valence-corrected chi connectivity index (χ1v) is 8.10. The number of hydrogen-bond acceptors (Lipinski definition) is 4. The second-order valence-electron chi connectivity index (χ2n) is 6.76. The van der Waals surface area contributed by atoms with Gasteiger partial charge < -0.3 is 15.4 Å². The van der Waals surface area contributed by atoms with Crippen LogP contribution in [0.15, 0.2) is 0 Å². The molecule has 0 aromatic heterocycles. The average molecular weight is 310 g/mol. The summed E-state index contributed by atoms with van der Waals surface area (Å²) >= 11 is 0. The van der Waals surface area contributed by atoms with Crippen LogP contribution < -0.4 is 5.73 Å². The summed E-state index contributed by atoms with van der Waals surface area (Å²) in [5.41, 5.74) is 5.09. The van der Waals surface area contributed by atoms with Crippen LogP contribution in [0.25, 0.3) is 0 Å². The molecule has 0 spiro atoms. The number of nitrogens with zero attached hydrogens (tertiary/aromatic N) is 1. The molecule has 1 aliphatic carbocycles. The summed E-state index contributed by atoms with van der Waals surface area (Å²) in [6.45, 7) is 6.24. The van der Waals surface area contributed by atoms with Gasteiger partial charge in [0.15, 0.2) is 6.10 Å². The molecule has 0 aromatic carbocycles. The molecule has 2 N–H and O–H groups in total. The molecular formula is C16H26N2O4. The van der Waals surface area contributed by atoms with Crippen molar-refractivity contribution < 1.29 is 19.1 Å². The molecule has 22 heavy (non-hydrogen) atoms. The van der Waals surface area contributed by atoms with E-state index in [9.17, 15) is 14.4 Å². The van der Waals surface area contributed by atoms with Crippen molar-refractivity contribution in [3.63, 3.8) is 0 Å². The van der Waals surface area contributed by atoms with E-state index in [0.29, 0.717) is 18.4 Å². The number of likely N-dealkylation sites (tertiary alicyclic amines) is 1. The monoisotopic (exact) mass is 310 g/mol. The summed E-state index contributed by atoms with van der Waals surface area (Å²) in [7, 11) is 0. The van der Waals surface area contributed by atoms with Crippen molar-refractivity contribution in [3.05, 3.63) is 0 Å². The van der Waals surface area contributed by atoms with Gasteiger partial charge in [0.2, 0.25) is 5.91 Å². The third-order valence-corrected chi connectivity index (χ3v) is 5.25. The lowest BCUT2D eigenvalue weighted by molar-refractivity contribution is -0.157. The van der Waals surface area contributed by atoms with Crippen molar-refractivity contribution in [1.82, 2.24) is 4.90 Å². The van der Waals surface area contributed by atoms with Crippen LogP contribution in [0.2, 0.25) is 0 Å². The lowest BCUT2D eigenvalue weighted by Gasteiger charge is -2.39. The van der Waals surface area contributed by atoms with Gasteiger partial charge in [-0.25, -0.2) is 0 Å². The van der Waals surface area contributed by atoms with Gasteiger partial charge in [-0.15, -0.1) is 0 Å². The summed E-state index contributed by atoms with van der Waals surface area (Å²) in [5.74, 6) is -0.620. The van der Waals surface area contributed by atoms with Gasteiger partial charge in [-0.3, -0.25) is 14.4 Å². The molecule has 2 aliphatic rings. The summed E-state index contributed by atoms with van der Waals surface area (Å²) in [4.78, 5) is 37.2. The number of carbonyl (C=O) groups is 3. The SMILES string of the molecule is C[C@@H]1[C@@H](C)CCC[C@@H]1N1C[C@H](C(=O)O[C@@H](C)C(N)=O)CC1=O. The third kappa shape index (κ3) is 3.42. The topological polar surface area (TPSA) is 89.7 Å². The van der Waals surface area contributed by atoms with E-state index in [2.05, 4.69) is 13.8 Å². The van der Waals surface area contributed by atoms with Crippen LogP contribution in [0.1, 0.15) is 46.5 Å². The van der Waals surface area contributed by atoms with E-state index in [1.807, 2.05) is 4.90 Å². The number of primary amides is 1. The van der Waals surface area contributed by atoms with E-state index in [1.165, 1.54) is 13.3 Å². The Morgan fingerprint density at radius 3 is 2.64 bits per heavy atom. The highest BCUT2D eigenvalue weighted by Gasteiger charge is 2.42. The fourth-order valence-electron chi connectivity index (χ4n) is 3.53. The van der Waals surface area contributed by atoms with Gasteiger partial charge in [-0.1, -0.05) is 26.7 Å². The minimum Gasteiger partial charge on any atom is -0.452 e. The summed E-state index contributed by atoms with van der Waals surface area (Å²) in [5, 5.41) is 0. The van der Waals surface area contributed by atoms with Crippen molar-refractivity contribution >= 4 is 17.8 Å².